The van der Waals surface area contributed by atoms with Gasteiger partial charge in [-0.2, -0.15) is 0 Å². The maximum atomic E-state index is 4.01. The second-order valence-corrected chi connectivity index (χ2v) is 3.27. The maximum Gasteiger partial charge on any atom is 0.120 e. The smallest absolute Gasteiger partial charge is 0.120 e. The molecular formula is C6H8N2S. The van der Waals surface area contributed by atoms with E-state index in [1.54, 1.807) is 11.3 Å². The first-order chi connectivity index (χ1) is 4.47. The van der Waals surface area contributed by atoms with Crippen LogP contribution in [0.25, 0.3) is 0 Å². The first kappa shape index (κ1) is 5.35. The fourth-order valence-corrected chi connectivity index (χ4v) is 1.74. The molecule has 1 aromatic rings. The number of aromatic nitrogens is 2. The van der Waals surface area contributed by atoms with E-state index in [4.69, 9.17) is 0 Å². The second kappa shape index (κ2) is 2.06. The Morgan fingerprint density at radius 2 is 2.44 bits per heavy atom. The maximum absolute atomic E-state index is 4.01. The number of hydrogen-bond donors (Lipinski definition) is 0. The van der Waals surface area contributed by atoms with Gasteiger partial charge in [0, 0.05) is 5.92 Å². The van der Waals surface area contributed by atoms with Crippen LogP contribution in [0.3, 0.4) is 0 Å². The van der Waals surface area contributed by atoms with Gasteiger partial charge in [0.2, 0.25) is 0 Å². The van der Waals surface area contributed by atoms with Gasteiger partial charge in [0.15, 0.2) is 0 Å². The van der Waals surface area contributed by atoms with Crippen molar-refractivity contribution >= 4 is 11.3 Å². The van der Waals surface area contributed by atoms with Crippen LogP contribution in [0, 0.1) is 0 Å². The zero-order valence-electron chi connectivity index (χ0n) is 5.08. The molecule has 0 amide bonds. The molecule has 1 aliphatic carbocycles. The van der Waals surface area contributed by atoms with E-state index in [9.17, 15) is 0 Å². The molecule has 2 rings (SSSR count). The lowest BCUT2D eigenvalue weighted by Gasteiger charge is -2.21. The standard InChI is InChI=1S/C6H8N2S/c1-2-5(3-1)6-8-7-4-9-6/h4-5H,1-3H2. The fourth-order valence-electron chi connectivity index (χ4n) is 1.01. The second-order valence-electron chi connectivity index (χ2n) is 2.40. The van der Waals surface area contributed by atoms with Crippen LogP contribution in [0.15, 0.2) is 5.51 Å². The highest BCUT2D eigenvalue weighted by molar-refractivity contribution is 7.09. The Morgan fingerprint density at radius 3 is 2.89 bits per heavy atom. The molecule has 0 unspecified atom stereocenters. The van der Waals surface area contributed by atoms with E-state index in [0.29, 0.717) is 0 Å². The van der Waals surface area contributed by atoms with Crippen molar-refractivity contribution in [1.29, 1.82) is 0 Å². The van der Waals surface area contributed by atoms with Crippen molar-refractivity contribution in [3.8, 4) is 0 Å². The van der Waals surface area contributed by atoms with Gasteiger partial charge in [-0.1, -0.05) is 6.42 Å². The van der Waals surface area contributed by atoms with Crippen molar-refractivity contribution in [3.63, 3.8) is 0 Å². The molecule has 0 bridgehead atoms. The molecule has 0 spiro atoms. The molecule has 3 heteroatoms. The van der Waals surface area contributed by atoms with Crippen molar-refractivity contribution in [2.75, 3.05) is 0 Å². The third-order valence-corrected chi connectivity index (χ3v) is 2.69. The quantitative estimate of drug-likeness (QED) is 0.594. The summed E-state index contributed by atoms with van der Waals surface area (Å²) in [6.07, 6.45) is 4.04. The molecule has 2 nitrogen and oxygen atoms in total. The van der Waals surface area contributed by atoms with E-state index < -0.39 is 0 Å². The Morgan fingerprint density at radius 1 is 1.56 bits per heavy atom. The average Bonchev–Trinajstić information content (AvgIpc) is 2.11. The van der Waals surface area contributed by atoms with Crippen LogP contribution in [0.4, 0.5) is 0 Å². The number of hydrogen-bond acceptors (Lipinski definition) is 3. The Kier molecular flexibility index (Phi) is 1.23. The Hall–Kier alpha value is -0.440. The minimum atomic E-state index is 0.762. The van der Waals surface area contributed by atoms with Crippen molar-refractivity contribution in [3.05, 3.63) is 10.5 Å². The van der Waals surface area contributed by atoms with Crippen molar-refractivity contribution in [1.82, 2.24) is 10.2 Å². The van der Waals surface area contributed by atoms with Gasteiger partial charge in [-0.15, -0.1) is 21.5 Å². The lowest BCUT2D eigenvalue weighted by molar-refractivity contribution is 0.416. The SMILES string of the molecule is c1nnc(C2CCC2)s1. The molecule has 0 N–H and O–H groups in total. The summed E-state index contributed by atoms with van der Waals surface area (Å²) in [6.45, 7) is 0. The van der Waals surface area contributed by atoms with Gasteiger partial charge < -0.3 is 0 Å². The predicted molar refractivity (Wildman–Crippen MR) is 36.5 cm³/mol. The highest BCUT2D eigenvalue weighted by atomic mass is 32.1. The third-order valence-electron chi connectivity index (χ3n) is 1.83. The third kappa shape index (κ3) is 0.852. The van der Waals surface area contributed by atoms with Gasteiger partial charge in [-0.25, -0.2) is 0 Å². The number of rotatable bonds is 1. The molecule has 9 heavy (non-hydrogen) atoms. The lowest BCUT2D eigenvalue weighted by Crippen LogP contribution is -2.07. The molecule has 0 radical (unpaired) electrons. The van der Waals surface area contributed by atoms with Crippen LogP contribution in [-0.2, 0) is 0 Å². The molecule has 1 aromatic heterocycles. The largest absolute Gasteiger partial charge is 0.147 e. The highest BCUT2D eigenvalue weighted by Gasteiger charge is 2.21. The normalized spacial score (nSPS) is 19.6. The van der Waals surface area contributed by atoms with Crippen molar-refractivity contribution in [2.45, 2.75) is 25.2 Å². The fraction of sp³-hybridized carbons (Fsp3) is 0.667. The van der Waals surface area contributed by atoms with Crippen molar-refractivity contribution in [2.24, 2.45) is 0 Å². The summed E-state index contributed by atoms with van der Waals surface area (Å²) >= 11 is 1.68. The number of nitrogens with zero attached hydrogens (tertiary/aromatic N) is 2. The van der Waals surface area contributed by atoms with Gasteiger partial charge >= 0.3 is 0 Å². The summed E-state index contributed by atoms with van der Waals surface area (Å²) in [5.41, 5.74) is 1.81. The minimum absolute atomic E-state index is 0.762. The molecule has 0 atom stereocenters. The molecule has 0 saturated heterocycles. The molecule has 1 saturated carbocycles. The summed E-state index contributed by atoms with van der Waals surface area (Å²) < 4.78 is 0. The Labute approximate surface area is 57.9 Å². The van der Waals surface area contributed by atoms with Gasteiger partial charge in [0.1, 0.15) is 10.5 Å². The molecule has 1 heterocycles. The Balaban J connectivity index is 2.14. The summed E-state index contributed by atoms with van der Waals surface area (Å²) in [7, 11) is 0. The zero-order chi connectivity index (χ0) is 6.10. The van der Waals surface area contributed by atoms with Crippen LogP contribution in [0.1, 0.15) is 30.2 Å². The van der Waals surface area contributed by atoms with Gasteiger partial charge in [0.05, 0.1) is 0 Å². The topological polar surface area (TPSA) is 25.8 Å². The first-order valence-corrected chi connectivity index (χ1v) is 4.11. The van der Waals surface area contributed by atoms with E-state index in [1.165, 1.54) is 24.3 Å². The first-order valence-electron chi connectivity index (χ1n) is 3.23. The predicted octanol–water partition coefficient (Wildman–Crippen LogP) is 1.81. The van der Waals surface area contributed by atoms with Crippen LogP contribution in [0.5, 0.6) is 0 Å². The zero-order valence-corrected chi connectivity index (χ0v) is 5.90. The average molecular weight is 140 g/mol. The molecule has 1 fully saturated rings. The monoisotopic (exact) mass is 140 g/mol. The molecule has 48 valence electrons. The Bertz CT molecular complexity index is 179. The van der Waals surface area contributed by atoms with Gasteiger partial charge in [-0.3, -0.25) is 0 Å². The molecule has 0 aromatic carbocycles. The molecule has 1 aliphatic rings. The van der Waals surface area contributed by atoms with E-state index >= 15 is 0 Å². The summed E-state index contributed by atoms with van der Waals surface area (Å²) in [5.74, 6) is 0.762. The summed E-state index contributed by atoms with van der Waals surface area (Å²) in [5, 5.41) is 9.04. The highest BCUT2D eigenvalue weighted by Crippen LogP contribution is 2.36. The van der Waals surface area contributed by atoms with E-state index in [0.717, 1.165) is 5.92 Å². The van der Waals surface area contributed by atoms with E-state index in [1.807, 2.05) is 5.51 Å². The van der Waals surface area contributed by atoms with E-state index in [2.05, 4.69) is 10.2 Å². The van der Waals surface area contributed by atoms with Crippen LogP contribution < -0.4 is 0 Å². The van der Waals surface area contributed by atoms with E-state index in [-0.39, 0.29) is 0 Å². The summed E-state index contributed by atoms with van der Waals surface area (Å²) in [4.78, 5) is 0. The van der Waals surface area contributed by atoms with Crippen LogP contribution >= 0.6 is 11.3 Å². The van der Waals surface area contributed by atoms with Crippen molar-refractivity contribution < 1.29 is 0 Å². The van der Waals surface area contributed by atoms with Gasteiger partial charge in [0.25, 0.3) is 0 Å². The summed E-state index contributed by atoms with van der Waals surface area (Å²) in [6, 6.07) is 0. The van der Waals surface area contributed by atoms with Gasteiger partial charge in [-0.05, 0) is 12.8 Å². The van der Waals surface area contributed by atoms with Crippen LogP contribution in [0.2, 0.25) is 0 Å². The lowest BCUT2D eigenvalue weighted by atomic mass is 9.86. The molecular weight excluding hydrogens is 132 g/mol. The van der Waals surface area contributed by atoms with Crippen LogP contribution in [-0.4, -0.2) is 10.2 Å². The molecule has 0 aliphatic heterocycles. The minimum Gasteiger partial charge on any atom is -0.147 e.